The topological polar surface area (TPSA) is 67.8 Å². The van der Waals surface area contributed by atoms with E-state index in [4.69, 9.17) is 4.84 Å². The lowest BCUT2D eigenvalue weighted by atomic mass is 10.1. The molecule has 10 heteroatoms. The highest BCUT2D eigenvalue weighted by atomic mass is 32.2. The molecule has 0 heterocycles. The van der Waals surface area contributed by atoms with Crippen molar-refractivity contribution in [2.24, 2.45) is 5.16 Å². The highest BCUT2D eigenvalue weighted by molar-refractivity contribution is 7.98. The minimum Gasteiger partial charge on any atom is -0.385 e. The number of hydrogen-bond acceptors (Lipinski definition) is 5. The first-order valence-electron chi connectivity index (χ1n) is 5.94. The van der Waals surface area contributed by atoms with Gasteiger partial charge >= 0.3 is 15.5 Å². The maximum atomic E-state index is 12.5. The summed E-state index contributed by atoms with van der Waals surface area (Å²) >= 11 is 1.37. The van der Waals surface area contributed by atoms with Gasteiger partial charge in [0.15, 0.2) is 5.94 Å². The van der Waals surface area contributed by atoms with E-state index in [0.29, 0.717) is 0 Å². The minimum atomic E-state index is -5.49. The minimum absolute atomic E-state index is 0.211. The van der Waals surface area contributed by atoms with Crippen molar-refractivity contribution < 1.29 is 26.4 Å². The largest absolute Gasteiger partial charge is 0.516 e. The summed E-state index contributed by atoms with van der Waals surface area (Å²) in [5.41, 5.74) is -4.39. The number of oxime groups is 1. The van der Waals surface area contributed by atoms with Crippen LogP contribution < -0.4 is 4.72 Å². The van der Waals surface area contributed by atoms with Crippen molar-refractivity contribution in [2.45, 2.75) is 19.4 Å². The van der Waals surface area contributed by atoms with Gasteiger partial charge in [-0.25, -0.2) is 0 Å². The van der Waals surface area contributed by atoms with Crippen molar-refractivity contribution in [3.63, 3.8) is 0 Å². The second-order valence-corrected chi connectivity index (χ2v) is 6.80. The summed E-state index contributed by atoms with van der Waals surface area (Å²) < 4.78 is 61.4. The van der Waals surface area contributed by atoms with Gasteiger partial charge in [0.2, 0.25) is 0 Å². The zero-order valence-electron chi connectivity index (χ0n) is 12.1. The van der Waals surface area contributed by atoms with E-state index in [1.807, 2.05) is 0 Å². The molecule has 0 aliphatic carbocycles. The second kappa shape index (κ2) is 7.23. The van der Waals surface area contributed by atoms with Crippen molar-refractivity contribution in [3.8, 4) is 0 Å². The lowest BCUT2D eigenvalue weighted by Crippen LogP contribution is -2.30. The third-order valence-corrected chi connectivity index (χ3v) is 3.93. The molecule has 0 radical (unpaired) electrons. The first kappa shape index (κ1) is 18.6. The van der Waals surface area contributed by atoms with Crippen molar-refractivity contribution in [2.75, 3.05) is 16.9 Å². The number of anilines is 1. The number of aryl methyl sites for hydroxylation is 1. The molecule has 1 aromatic rings. The Morgan fingerprint density at radius 1 is 1.41 bits per heavy atom. The summed E-state index contributed by atoms with van der Waals surface area (Å²) in [4.78, 5) is 4.94. The van der Waals surface area contributed by atoms with Crippen LogP contribution in [0.5, 0.6) is 0 Å². The second-order valence-electron chi connectivity index (χ2n) is 4.31. The molecule has 0 saturated heterocycles. The van der Waals surface area contributed by atoms with E-state index in [9.17, 15) is 21.6 Å². The van der Waals surface area contributed by atoms with Crippen LogP contribution in [-0.2, 0) is 14.9 Å². The molecule has 22 heavy (non-hydrogen) atoms. The number of alkyl halides is 3. The number of thioether (sulfide) groups is 1. The van der Waals surface area contributed by atoms with Crippen LogP contribution in [0.2, 0.25) is 0 Å². The Hall–Kier alpha value is -1.42. The van der Waals surface area contributed by atoms with Crippen LogP contribution in [0.3, 0.4) is 0 Å². The smallest absolute Gasteiger partial charge is 0.385 e. The zero-order chi connectivity index (χ0) is 17.0. The van der Waals surface area contributed by atoms with Gasteiger partial charge in [-0.1, -0.05) is 16.8 Å². The van der Waals surface area contributed by atoms with Crippen molar-refractivity contribution in [1.82, 2.24) is 0 Å². The number of halogens is 3. The summed E-state index contributed by atoms with van der Waals surface area (Å²) in [5, 5.41) is 3.76. The van der Waals surface area contributed by atoms with Crippen molar-refractivity contribution >= 4 is 33.2 Å². The summed E-state index contributed by atoms with van der Waals surface area (Å²) in [6.07, 6.45) is 1.79. The molecule has 1 rings (SSSR count). The molecule has 0 aromatic heterocycles. The monoisotopic (exact) mass is 356 g/mol. The maximum absolute atomic E-state index is 12.5. The van der Waals surface area contributed by atoms with E-state index in [0.717, 1.165) is 5.56 Å². The van der Waals surface area contributed by atoms with E-state index >= 15 is 0 Å². The van der Waals surface area contributed by atoms with Crippen LogP contribution in [0.4, 0.5) is 18.9 Å². The molecule has 0 saturated carbocycles. The van der Waals surface area contributed by atoms with Gasteiger partial charge in [-0.3, -0.25) is 4.72 Å². The fraction of sp³-hybridized carbons (Fsp3) is 0.417. The van der Waals surface area contributed by atoms with E-state index in [1.54, 1.807) is 13.2 Å². The van der Waals surface area contributed by atoms with Crippen LogP contribution in [0.15, 0.2) is 23.4 Å². The molecule has 0 aliphatic heterocycles. The van der Waals surface area contributed by atoms with Crippen molar-refractivity contribution in [1.29, 1.82) is 0 Å². The molecule has 0 fully saturated rings. The summed E-state index contributed by atoms with van der Waals surface area (Å²) in [6.45, 7) is 3.24. The average Bonchev–Trinajstić information content (AvgIpc) is 2.39. The molecule has 0 amide bonds. The fourth-order valence-corrected chi connectivity index (χ4v) is 2.22. The van der Waals surface area contributed by atoms with Gasteiger partial charge in [0.1, 0.15) is 0 Å². The molecule has 124 valence electrons. The first-order chi connectivity index (χ1) is 10.1. The molecule has 0 atom stereocenters. The summed E-state index contributed by atoms with van der Waals surface area (Å²) in [6, 6.07) is 4.27. The van der Waals surface area contributed by atoms with Crippen molar-refractivity contribution in [3.05, 3.63) is 29.3 Å². The molecular formula is C12H15F3N2O3S2. The van der Waals surface area contributed by atoms with Crippen LogP contribution in [0, 0.1) is 6.92 Å². The van der Waals surface area contributed by atoms with Gasteiger partial charge in [0.05, 0.1) is 11.4 Å². The number of sulfonamides is 1. The molecule has 5 nitrogen and oxygen atoms in total. The lowest BCUT2D eigenvalue weighted by Gasteiger charge is -2.14. The molecule has 0 spiro atoms. The molecule has 0 unspecified atom stereocenters. The van der Waals surface area contributed by atoms with Gasteiger partial charge in [0, 0.05) is 5.56 Å². The van der Waals surface area contributed by atoms with Gasteiger partial charge in [-0.15, -0.1) is 11.8 Å². The van der Waals surface area contributed by atoms with E-state index in [1.165, 1.54) is 41.6 Å². The normalized spacial score (nSPS) is 13.1. The first-order valence-corrected chi connectivity index (χ1v) is 8.82. The van der Waals surface area contributed by atoms with Crippen LogP contribution in [-0.4, -0.2) is 31.8 Å². The van der Waals surface area contributed by atoms with Crippen LogP contribution >= 0.6 is 11.8 Å². The Balaban J connectivity index is 3.19. The van der Waals surface area contributed by atoms with E-state index < -0.39 is 15.5 Å². The summed E-state index contributed by atoms with van der Waals surface area (Å²) in [5.74, 6) is 0.271. The Morgan fingerprint density at radius 3 is 2.59 bits per heavy atom. The Kier molecular flexibility index (Phi) is 6.12. The van der Waals surface area contributed by atoms with Gasteiger partial charge in [-0.05, 0) is 32.2 Å². The predicted octanol–water partition coefficient (Wildman–Crippen LogP) is 3.32. The van der Waals surface area contributed by atoms with Crippen LogP contribution in [0.25, 0.3) is 0 Å². The van der Waals surface area contributed by atoms with Crippen LogP contribution in [0.1, 0.15) is 18.1 Å². The fourth-order valence-electron chi connectivity index (χ4n) is 1.47. The SMILES string of the molecule is CSCO/N=C(\C)c1cc(C)ccc1NS(=O)(=O)C(F)(F)F. The average molecular weight is 356 g/mol. The molecule has 1 N–H and O–H groups in total. The zero-order valence-corrected chi connectivity index (χ0v) is 13.7. The molecule has 0 bridgehead atoms. The third-order valence-electron chi connectivity index (χ3n) is 2.49. The number of rotatable bonds is 6. The maximum Gasteiger partial charge on any atom is 0.516 e. The number of nitrogens with zero attached hydrogens (tertiary/aromatic N) is 1. The predicted molar refractivity (Wildman–Crippen MR) is 81.5 cm³/mol. The molecule has 1 aromatic carbocycles. The Labute approximate surface area is 131 Å². The molecule has 0 aliphatic rings. The Morgan fingerprint density at radius 2 is 2.05 bits per heavy atom. The van der Waals surface area contributed by atoms with Gasteiger partial charge in [-0.2, -0.15) is 21.6 Å². The number of hydrogen-bond donors (Lipinski definition) is 1. The third kappa shape index (κ3) is 4.80. The van der Waals surface area contributed by atoms with E-state index in [2.05, 4.69) is 5.16 Å². The molecular weight excluding hydrogens is 341 g/mol. The highest BCUT2D eigenvalue weighted by Crippen LogP contribution is 2.27. The Bertz CT molecular complexity index is 658. The summed E-state index contributed by atoms with van der Waals surface area (Å²) in [7, 11) is -5.49. The number of nitrogens with one attached hydrogen (secondary N) is 1. The highest BCUT2D eigenvalue weighted by Gasteiger charge is 2.46. The number of benzene rings is 1. The van der Waals surface area contributed by atoms with E-state index in [-0.39, 0.29) is 22.9 Å². The standard InChI is InChI=1S/C12H15F3N2O3S2/c1-8-4-5-11(17-22(18,19)12(13,14)15)10(6-8)9(2)16-20-7-21-3/h4-6,17H,7H2,1-3H3/b16-9+. The lowest BCUT2D eigenvalue weighted by molar-refractivity contribution is -0.0429. The van der Waals surface area contributed by atoms with Gasteiger partial charge < -0.3 is 4.84 Å². The van der Waals surface area contributed by atoms with Gasteiger partial charge in [0.25, 0.3) is 0 Å². The quantitative estimate of drug-likeness (QED) is 0.367.